The van der Waals surface area contributed by atoms with E-state index in [1.54, 1.807) is 6.20 Å². The molecule has 0 bridgehead atoms. The van der Waals surface area contributed by atoms with Crippen LogP contribution in [0.1, 0.15) is 0 Å². The smallest absolute Gasteiger partial charge is 0.142 e. The number of aliphatic imine (C=N–C) groups is 1. The van der Waals surface area contributed by atoms with Crippen molar-refractivity contribution >= 4 is 30.1 Å². The lowest BCUT2D eigenvalue weighted by atomic mass is 10.4. The van der Waals surface area contributed by atoms with E-state index in [2.05, 4.69) is 9.71 Å². The van der Waals surface area contributed by atoms with Crippen molar-refractivity contribution in [1.82, 2.24) is 9.14 Å². The molecule has 0 aromatic rings. The maximum Gasteiger partial charge on any atom is 0.142 e. The van der Waals surface area contributed by atoms with Gasteiger partial charge in [-0.2, -0.15) is 0 Å². The van der Waals surface area contributed by atoms with Crippen molar-refractivity contribution in [2.75, 3.05) is 0 Å². The molecule has 0 fully saturated rings. The predicted octanol–water partition coefficient (Wildman–Crippen LogP) is 0.705. The molecule has 0 saturated heterocycles. The first-order valence-electron chi connectivity index (χ1n) is 2.91. The van der Waals surface area contributed by atoms with E-state index in [4.69, 9.17) is 17.5 Å². The Balaban J connectivity index is 2.46. The number of hydrogen-bond acceptors (Lipinski definition) is 5. The zero-order chi connectivity index (χ0) is 7.84. The summed E-state index contributed by atoms with van der Waals surface area (Å²) in [6.45, 7) is 0. The molecule has 3 N–H and O–H groups in total. The van der Waals surface area contributed by atoms with Crippen molar-refractivity contribution in [3.63, 3.8) is 0 Å². The summed E-state index contributed by atoms with van der Waals surface area (Å²) in [7, 11) is 0. The van der Waals surface area contributed by atoms with Crippen molar-refractivity contribution in [1.29, 1.82) is 0 Å². The van der Waals surface area contributed by atoms with Crippen LogP contribution >= 0.6 is 23.7 Å². The summed E-state index contributed by atoms with van der Waals surface area (Å²) in [6, 6.07) is 0. The molecule has 0 aromatic carbocycles. The van der Waals surface area contributed by atoms with E-state index < -0.39 is 0 Å². The molecule has 2 aliphatic heterocycles. The fourth-order valence-corrected chi connectivity index (χ4v) is 1.77. The average Bonchev–Trinajstić information content (AvgIpc) is 2.45. The number of fused-ring (bicyclic) bond motifs is 1. The normalized spacial score (nSPS) is 21.5. The van der Waals surface area contributed by atoms with E-state index in [1.807, 2.05) is 0 Å². The van der Waals surface area contributed by atoms with E-state index in [0.717, 1.165) is 10.6 Å². The first-order chi connectivity index (χ1) is 5.29. The fraction of sp³-hybridized carbons (Fsp3) is 0. The summed E-state index contributed by atoms with van der Waals surface area (Å²) in [4.78, 5) is 4.76. The highest BCUT2D eigenvalue weighted by Gasteiger charge is 2.23. The fourth-order valence-electron chi connectivity index (χ4n) is 0.838. The third-order valence-electron chi connectivity index (χ3n) is 1.35. The first-order valence-corrected chi connectivity index (χ1v) is 4.06. The molecule has 6 heteroatoms. The minimum absolute atomic E-state index is 0.503. The maximum absolute atomic E-state index is 5.76. The molecular weight excluding hydrogens is 184 g/mol. The van der Waals surface area contributed by atoms with Crippen LogP contribution in [0.2, 0.25) is 0 Å². The monoisotopic (exact) mass is 188 g/mol. The van der Waals surface area contributed by atoms with Crippen molar-refractivity contribution in [2.24, 2.45) is 10.7 Å². The number of nitrogens with two attached hydrogens (primary N) is 1. The number of nitrogens with one attached hydrogen (secondary N) is 1. The summed E-state index contributed by atoms with van der Waals surface area (Å²) < 4.78 is 4.34. The number of hydrogen-bond donors (Lipinski definition) is 2. The number of rotatable bonds is 0. The van der Waals surface area contributed by atoms with Crippen molar-refractivity contribution in [2.45, 2.75) is 0 Å². The van der Waals surface area contributed by atoms with Crippen LogP contribution in [-0.4, -0.2) is 10.8 Å². The minimum atomic E-state index is 0.503. The van der Waals surface area contributed by atoms with Crippen LogP contribution in [0.5, 0.6) is 0 Å². The van der Waals surface area contributed by atoms with Crippen LogP contribution < -0.4 is 10.5 Å². The van der Waals surface area contributed by atoms with Gasteiger partial charge in [-0.3, -0.25) is 0 Å². The van der Waals surface area contributed by atoms with Gasteiger partial charge in [-0.1, -0.05) is 0 Å². The quantitative estimate of drug-likeness (QED) is 0.434. The largest absolute Gasteiger partial charge is 0.383 e. The van der Waals surface area contributed by atoms with E-state index in [1.165, 1.54) is 22.7 Å². The molecule has 0 atom stereocenters. The Morgan fingerprint density at radius 1 is 1.73 bits per heavy atom. The molecular formula is C5H5ClN4S. The predicted molar refractivity (Wildman–Crippen MR) is 46.2 cm³/mol. The maximum atomic E-state index is 5.76. The van der Waals surface area contributed by atoms with Gasteiger partial charge in [0, 0.05) is 18.0 Å². The highest BCUT2D eigenvalue weighted by Crippen LogP contribution is 2.33. The molecule has 0 aliphatic carbocycles. The van der Waals surface area contributed by atoms with Gasteiger partial charge in [-0.05, 0) is 11.9 Å². The Kier molecular flexibility index (Phi) is 1.47. The van der Waals surface area contributed by atoms with Crippen molar-refractivity contribution in [3.05, 3.63) is 22.6 Å². The lowest BCUT2D eigenvalue weighted by molar-refractivity contribution is 0.835. The number of halogens is 1. The highest BCUT2D eigenvalue weighted by atomic mass is 35.5. The van der Waals surface area contributed by atoms with E-state index in [-0.39, 0.29) is 0 Å². The molecule has 0 amide bonds. The van der Waals surface area contributed by atoms with Gasteiger partial charge in [-0.25, -0.2) is 9.41 Å². The summed E-state index contributed by atoms with van der Waals surface area (Å²) in [5.41, 5.74) is 6.43. The molecule has 2 rings (SSSR count). The van der Waals surface area contributed by atoms with Gasteiger partial charge in [0.25, 0.3) is 0 Å². The Labute approximate surface area is 73.0 Å². The Morgan fingerprint density at radius 2 is 2.55 bits per heavy atom. The van der Waals surface area contributed by atoms with Crippen LogP contribution in [0.3, 0.4) is 0 Å². The minimum Gasteiger partial charge on any atom is -0.383 e. The highest BCUT2D eigenvalue weighted by molar-refractivity contribution is 8.01. The molecule has 0 spiro atoms. The average molecular weight is 189 g/mol. The van der Waals surface area contributed by atoms with Gasteiger partial charge >= 0.3 is 0 Å². The molecule has 0 radical (unpaired) electrons. The van der Waals surface area contributed by atoms with Crippen LogP contribution in [0.15, 0.2) is 27.6 Å². The lowest BCUT2D eigenvalue weighted by Gasteiger charge is -2.15. The summed E-state index contributed by atoms with van der Waals surface area (Å²) in [6.07, 6.45) is 3.25. The molecule has 58 valence electrons. The van der Waals surface area contributed by atoms with Gasteiger partial charge in [0.1, 0.15) is 12.2 Å². The van der Waals surface area contributed by atoms with Gasteiger partial charge < -0.3 is 10.5 Å². The van der Waals surface area contributed by atoms with Crippen molar-refractivity contribution in [3.8, 4) is 0 Å². The standard InChI is InChI=1S/C5H5ClN4S/c6-10-2-8-5(7)4-3(10)1-9-11-4/h1-2,9H,7H2. The molecule has 0 aromatic heterocycles. The van der Waals surface area contributed by atoms with Crippen LogP contribution in [0, 0.1) is 0 Å². The first kappa shape index (κ1) is 6.87. The lowest BCUT2D eigenvalue weighted by Crippen LogP contribution is -2.16. The van der Waals surface area contributed by atoms with Gasteiger partial charge in [-0.15, -0.1) is 0 Å². The summed E-state index contributed by atoms with van der Waals surface area (Å²) >= 11 is 7.17. The van der Waals surface area contributed by atoms with Gasteiger partial charge in [0.15, 0.2) is 0 Å². The Hall–Kier alpha value is -0.810. The topological polar surface area (TPSA) is 53.6 Å². The molecule has 4 nitrogen and oxygen atoms in total. The van der Waals surface area contributed by atoms with Crippen LogP contribution in [0.25, 0.3) is 0 Å². The Bertz CT molecular complexity index is 282. The molecule has 11 heavy (non-hydrogen) atoms. The van der Waals surface area contributed by atoms with Crippen LogP contribution in [-0.2, 0) is 0 Å². The molecule has 0 unspecified atom stereocenters. The third kappa shape index (κ3) is 0.965. The van der Waals surface area contributed by atoms with Gasteiger partial charge in [0.05, 0.1) is 10.6 Å². The number of nitrogens with zero attached hydrogens (tertiary/aromatic N) is 2. The van der Waals surface area contributed by atoms with E-state index in [0.29, 0.717) is 5.82 Å². The van der Waals surface area contributed by atoms with Gasteiger partial charge in [0.2, 0.25) is 0 Å². The van der Waals surface area contributed by atoms with Crippen LogP contribution in [0.4, 0.5) is 0 Å². The van der Waals surface area contributed by atoms with Crippen molar-refractivity contribution < 1.29 is 0 Å². The summed E-state index contributed by atoms with van der Waals surface area (Å²) in [5, 5.41) is 0. The second-order valence-electron chi connectivity index (χ2n) is 2.02. The molecule has 2 heterocycles. The zero-order valence-electron chi connectivity index (χ0n) is 5.41. The second kappa shape index (κ2) is 2.35. The SMILES string of the molecule is NC1=C2SNC=C2N(Cl)C=N1. The van der Waals surface area contributed by atoms with E-state index in [9.17, 15) is 0 Å². The third-order valence-corrected chi connectivity index (χ3v) is 2.48. The summed E-state index contributed by atoms with van der Waals surface area (Å²) in [5.74, 6) is 0.503. The zero-order valence-corrected chi connectivity index (χ0v) is 6.99. The second-order valence-corrected chi connectivity index (χ2v) is 3.23. The molecule has 2 aliphatic rings. The Morgan fingerprint density at radius 3 is 3.27 bits per heavy atom. The van der Waals surface area contributed by atoms with E-state index >= 15 is 0 Å². The molecule has 0 saturated carbocycles.